The second kappa shape index (κ2) is 8.76. The van der Waals surface area contributed by atoms with Gasteiger partial charge in [-0.1, -0.05) is 25.5 Å². The highest BCUT2D eigenvalue weighted by Gasteiger charge is 2.24. The summed E-state index contributed by atoms with van der Waals surface area (Å²) in [5.74, 6) is 0.106. The number of aromatic nitrogens is 1. The number of carbonyl (C=O) groups is 2. The molecule has 1 aliphatic rings. The van der Waals surface area contributed by atoms with Gasteiger partial charge in [0.2, 0.25) is 5.91 Å². The monoisotopic (exact) mass is 354 g/mol. The van der Waals surface area contributed by atoms with Crippen LogP contribution in [0.5, 0.6) is 0 Å². The maximum Gasteiger partial charge on any atom is 0.254 e. The Hall–Kier alpha value is -2.47. The van der Waals surface area contributed by atoms with E-state index in [1.165, 1.54) is 0 Å². The third-order valence-corrected chi connectivity index (χ3v) is 4.76. The number of hydrogen-bond donors (Lipinski definition) is 1. The second-order valence-electron chi connectivity index (χ2n) is 6.65. The van der Waals surface area contributed by atoms with Gasteiger partial charge in [-0.05, 0) is 24.6 Å². The lowest BCUT2D eigenvalue weighted by Crippen LogP contribution is -2.51. The zero-order valence-electron chi connectivity index (χ0n) is 15.3. The molecule has 0 spiro atoms. The van der Waals surface area contributed by atoms with E-state index in [-0.39, 0.29) is 11.8 Å². The SMILES string of the molecule is CCCCNC(=O)CN1CCN(C(=O)c2cccc3ncccc23)CC1. The van der Waals surface area contributed by atoms with E-state index in [0.29, 0.717) is 25.2 Å². The molecule has 0 unspecified atom stereocenters. The lowest BCUT2D eigenvalue weighted by atomic mass is 10.1. The van der Waals surface area contributed by atoms with Crippen LogP contribution in [0.1, 0.15) is 30.1 Å². The van der Waals surface area contributed by atoms with Gasteiger partial charge in [0, 0.05) is 49.9 Å². The van der Waals surface area contributed by atoms with Crippen molar-refractivity contribution < 1.29 is 9.59 Å². The first-order chi connectivity index (χ1) is 12.7. The summed E-state index contributed by atoms with van der Waals surface area (Å²) < 4.78 is 0. The number of fused-ring (bicyclic) bond motifs is 1. The Bertz CT molecular complexity index is 764. The van der Waals surface area contributed by atoms with Gasteiger partial charge in [-0.2, -0.15) is 0 Å². The van der Waals surface area contributed by atoms with Crippen molar-refractivity contribution in [2.24, 2.45) is 0 Å². The summed E-state index contributed by atoms with van der Waals surface area (Å²) in [7, 11) is 0. The van der Waals surface area contributed by atoms with Crippen LogP contribution in [0.3, 0.4) is 0 Å². The van der Waals surface area contributed by atoms with Crippen LogP contribution in [0.15, 0.2) is 36.5 Å². The van der Waals surface area contributed by atoms with Crippen LogP contribution in [0.25, 0.3) is 10.9 Å². The molecule has 1 aliphatic heterocycles. The summed E-state index contributed by atoms with van der Waals surface area (Å²) in [6.07, 6.45) is 3.82. The van der Waals surface area contributed by atoms with Gasteiger partial charge in [0.15, 0.2) is 0 Å². The van der Waals surface area contributed by atoms with E-state index < -0.39 is 0 Å². The van der Waals surface area contributed by atoms with Crippen LogP contribution < -0.4 is 5.32 Å². The summed E-state index contributed by atoms with van der Waals surface area (Å²) in [6.45, 7) is 5.96. The molecule has 0 bridgehead atoms. The molecule has 6 nitrogen and oxygen atoms in total. The molecule has 2 aromatic rings. The number of hydrogen-bond acceptors (Lipinski definition) is 4. The second-order valence-corrected chi connectivity index (χ2v) is 6.65. The number of piperazine rings is 1. The lowest BCUT2D eigenvalue weighted by Gasteiger charge is -2.34. The van der Waals surface area contributed by atoms with Crippen molar-refractivity contribution in [3.63, 3.8) is 0 Å². The Balaban J connectivity index is 1.56. The van der Waals surface area contributed by atoms with Gasteiger partial charge in [-0.3, -0.25) is 19.5 Å². The molecule has 26 heavy (non-hydrogen) atoms. The Morgan fingerprint density at radius 3 is 2.69 bits per heavy atom. The molecule has 0 radical (unpaired) electrons. The van der Waals surface area contributed by atoms with E-state index >= 15 is 0 Å². The number of pyridine rings is 1. The fourth-order valence-electron chi connectivity index (χ4n) is 3.23. The number of unbranched alkanes of at least 4 members (excludes halogenated alkanes) is 1. The summed E-state index contributed by atoms with van der Waals surface area (Å²) in [6, 6.07) is 9.45. The van der Waals surface area contributed by atoms with Crippen LogP contribution in [0.2, 0.25) is 0 Å². The van der Waals surface area contributed by atoms with Gasteiger partial charge in [0.05, 0.1) is 12.1 Å². The Labute approximate surface area is 154 Å². The molecule has 0 atom stereocenters. The van der Waals surface area contributed by atoms with Crippen molar-refractivity contribution in [1.82, 2.24) is 20.1 Å². The molecular weight excluding hydrogens is 328 g/mol. The minimum absolute atomic E-state index is 0.0376. The first-order valence-corrected chi connectivity index (χ1v) is 9.31. The van der Waals surface area contributed by atoms with Gasteiger partial charge in [0.25, 0.3) is 5.91 Å². The van der Waals surface area contributed by atoms with E-state index in [1.807, 2.05) is 35.2 Å². The lowest BCUT2D eigenvalue weighted by molar-refractivity contribution is -0.122. The smallest absolute Gasteiger partial charge is 0.254 e. The van der Waals surface area contributed by atoms with Gasteiger partial charge in [-0.25, -0.2) is 0 Å². The van der Waals surface area contributed by atoms with E-state index in [1.54, 1.807) is 6.20 Å². The van der Waals surface area contributed by atoms with Gasteiger partial charge >= 0.3 is 0 Å². The maximum atomic E-state index is 12.9. The van der Waals surface area contributed by atoms with Gasteiger partial charge in [-0.15, -0.1) is 0 Å². The molecule has 3 rings (SSSR count). The third-order valence-electron chi connectivity index (χ3n) is 4.76. The third kappa shape index (κ3) is 4.38. The molecule has 2 amide bonds. The molecule has 1 fully saturated rings. The zero-order chi connectivity index (χ0) is 18.4. The summed E-state index contributed by atoms with van der Waals surface area (Å²) in [4.78, 5) is 33.1. The summed E-state index contributed by atoms with van der Waals surface area (Å²) in [5.41, 5.74) is 1.53. The van der Waals surface area contributed by atoms with Crippen LogP contribution >= 0.6 is 0 Å². The van der Waals surface area contributed by atoms with Gasteiger partial charge in [0.1, 0.15) is 0 Å². The van der Waals surface area contributed by atoms with E-state index in [4.69, 9.17) is 0 Å². The van der Waals surface area contributed by atoms with Crippen molar-refractivity contribution in [1.29, 1.82) is 0 Å². The first kappa shape index (κ1) is 18.3. The summed E-state index contributed by atoms with van der Waals surface area (Å²) >= 11 is 0. The molecule has 0 aliphatic carbocycles. The fraction of sp³-hybridized carbons (Fsp3) is 0.450. The molecule has 1 aromatic carbocycles. The van der Waals surface area contributed by atoms with Crippen molar-refractivity contribution in [3.05, 3.63) is 42.1 Å². The quantitative estimate of drug-likeness (QED) is 0.805. The van der Waals surface area contributed by atoms with Crippen LogP contribution in [-0.4, -0.2) is 65.9 Å². The topological polar surface area (TPSA) is 65.5 Å². The van der Waals surface area contributed by atoms with Crippen molar-refractivity contribution in [2.45, 2.75) is 19.8 Å². The molecule has 2 heterocycles. The largest absolute Gasteiger partial charge is 0.355 e. The molecule has 1 saturated heterocycles. The Morgan fingerprint density at radius 1 is 1.12 bits per heavy atom. The van der Waals surface area contributed by atoms with E-state index in [2.05, 4.69) is 22.1 Å². The average Bonchev–Trinajstić information content (AvgIpc) is 2.68. The van der Waals surface area contributed by atoms with Crippen molar-refractivity contribution in [2.75, 3.05) is 39.3 Å². The van der Waals surface area contributed by atoms with Crippen molar-refractivity contribution in [3.8, 4) is 0 Å². The number of carbonyl (C=O) groups excluding carboxylic acids is 2. The predicted molar refractivity (Wildman–Crippen MR) is 102 cm³/mol. The van der Waals surface area contributed by atoms with Crippen LogP contribution in [0.4, 0.5) is 0 Å². The number of benzene rings is 1. The molecule has 138 valence electrons. The summed E-state index contributed by atoms with van der Waals surface area (Å²) in [5, 5.41) is 3.83. The highest BCUT2D eigenvalue weighted by Crippen LogP contribution is 2.19. The van der Waals surface area contributed by atoms with Crippen LogP contribution in [0, 0.1) is 0 Å². The molecule has 0 saturated carbocycles. The zero-order valence-corrected chi connectivity index (χ0v) is 15.3. The highest BCUT2D eigenvalue weighted by atomic mass is 16.2. The fourth-order valence-corrected chi connectivity index (χ4v) is 3.23. The Morgan fingerprint density at radius 2 is 1.92 bits per heavy atom. The molecule has 1 N–H and O–H groups in total. The maximum absolute atomic E-state index is 12.9. The number of nitrogens with one attached hydrogen (secondary N) is 1. The van der Waals surface area contributed by atoms with Crippen LogP contribution in [-0.2, 0) is 4.79 Å². The normalized spacial score (nSPS) is 15.2. The van der Waals surface area contributed by atoms with E-state index in [0.717, 1.165) is 43.4 Å². The number of nitrogens with zero attached hydrogens (tertiary/aromatic N) is 3. The molecule has 6 heteroatoms. The standard InChI is InChI=1S/C20H26N4O2/c1-2-3-9-22-19(25)15-23-11-13-24(14-12-23)20(26)17-6-4-8-18-16(17)7-5-10-21-18/h4-8,10H,2-3,9,11-15H2,1H3,(H,22,25). The average molecular weight is 354 g/mol. The minimum atomic E-state index is 0.0376. The van der Waals surface area contributed by atoms with Crippen molar-refractivity contribution >= 4 is 22.7 Å². The first-order valence-electron chi connectivity index (χ1n) is 9.31. The number of rotatable bonds is 6. The van der Waals surface area contributed by atoms with E-state index in [9.17, 15) is 9.59 Å². The highest BCUT2D eigenvalue weighted by molar-refractivity contribution is 6.06. The predicted octanol–water partition coefficient (Wildman–Crippen LogP) is 1.91. The van der Waals surface area contributed by atoms with Gasteiger partial charge < -0.3 is 10.2 Å². The minimum Gasteiger partial charge on any atom is -0.355 e. The molecular formula is C20H26N4O2. The molecule has 1 aromatic heterocycles. The Kier molecular flexibility index (Phi) is 6.17. The number of amides is 2.